The number of carbonyl (C=O) groups excluding carboxylic acids is 3. The van der Waals surface area contributed by atoms with Crippen LogP contribution in [0, 0.1) is 28.6 Å². The molecule has 4 aliphatic rings. The molecule has 4 rings (SSSR count). The number of allylic oxidation sites excluding steroid dienone is 1. The minimum Gasteiger partial charge on any atom is -0.460 e. The maximum absolute atomic E-state index is 12.4. The van der Waals surface area contributed by atoms with E-state index in [2.05, 4.69) is 24.5 Å². The van der Waals surface area contributed by atoms with Gasteiger partial charge in [-0.25, -0.2) is 0 Å². The monoisotopic (exact) mass is 416 g/mol. The first-order valence-electron chi connectivity index (χ1n) is 11.6. The molecule has 166 valence electrons. The minimum absolute atomic E-state index is 0.0217. The highest BCUT2D eigenvalue weighted by atomic mass is 16.5. The molecule has 2 N–H and O–H groups in total. The molecule has 0 heterocycles. The fourth-order valence-electron chi connectivity index (χ4n) is 7.30. The predicted octanol–water partition coefficient (Wildman–Crippen LogP) is 2.77. The van der Waals surface area contributed by atoms with Gasteiger partial charge in [-0.3, -0.25) is 14.4 Å². The number of amides is 1. The lowest BCUT2D eigenvalue weighted by Gasteiger charge is -2.57. The average Bonchev–Trinajstić information content (AvgIpc) is 3.03. The summed E-state index contributed by atoms with van der Waals surface area (Å²) in [6, 6.07) is 0. The standard InChI is InChI=1S/C24H36N2O4/c1-23-10-8-16(27)12-15(23)4-5-17-18-6-7-20(24(18,2)11-9-19(17)23)30-22(29)14-26-21(28)13-25-3/h12,17-20,25H,4-11,13-14H2,1-3H3,(H,26,28). The molecule has 6 heteroatoms. The molecule has 0 radical (unpaired) electrons. The molecule has 0 aromatic heterocycles. The first-order chi connectivity index (χ1) is 14.3. The number of hydrogen-bond donors (Lipinski definition) is 2. The zero-order valence-corrected chi connectivity index (χ0v) is 18.6. The van der Waals surface area contributed by atoms with Crippen LogP contribution in [0.25, 0.3) is 0 Å². The number of ketones is 1. The second-order valence-electron chi connectivity index (χ2n) is 10.4. The van der Waals surface area contributed by atoms with Crippen LogP contribution in [0.4, 0.5) is 0 Å². The van der Waals surface area contributed by atoms with E-state index in [1.54, 1.807) is 7.05 Å². The van der Waals surface area contributed by atoms with Gasteiger partial charge in [0.15, 0.2) is 5.78 Å². The van der Waals surface area contributed by atoms with Gasteiger partial charge in [0.25, 0.3) is 0 Å². The number of hydrogen-bond acceptors (Lipinski definition) is 5. The SMILES string of the molecule is CNCC(=O)NCC(=O)OC1CCC2C3CCC4=CC(=O)CCC4(C)C3CCC12C. The fourth-order valence-corrected chi connectivity index (χ4v) is 7.30. The number of rotatable bonds is 5. The first kappa shape index (κ1) is 21.5. The molecular weight excluding hydrogens is 380 g/mol. The van der Waals surface area contributed by atoms with E-state index in [1.807, 2.05) is 6.08 Å². The van der Waals surface area contributed by atoms with E-state index in [1.165, 1.54) is 5.57 Å². The Bertz CT molecular complexity index is 762. The van der Waals surface area contributed by atoms with Gasteiger partial charge in [-0.1, -0.05) is 19.4 Å². The molecule has 0 aromatic carbocycles. The summed E-state index contributed by atoms with van der Waals surface area (Å²) >= 11 is 0. The zero-order chi connectivity index (χ0) is 21.5. The van der Waals surface area contributed by atoms with Crippen LogP contribution in [0.1, 0.15) is 65.2 Å². The van der Waals surface area contributed by atoms with Gasteiger partial charge in [0, 0.05) is 11.8 Å². The molecule has 4 aliphatic carbocycles. The quantitative estimate of drug-likeness (QED) is 0.673. The summed E-state index contributed by atoms with van der Waals surface area (Å²) in [5.41, 5.74) is 1.58. The van der Waals surface area contributed by atoms with Crippen LogP contribution >= 0.6 is 0 Å². The third-order valence-electron chi connectivity index (χ3n) is 8.92. The van der Waals surface area contributed by atoms with Crippen molar-refractivity contribution in [2.75, 3.05) is 20.1 Å². The van der Waals surface area contributed by atoms with E-state index >= 15 is 0 Å². The van der Waals surface area contributed by atoms with Crippen molar-refractivity contribution in [2.45, 2.75) is 71.3 Å². The second-order valence-corrected chi connectivity index (χ2v) is 10.4. The Morgan fingerprint density at radius 3 is 2.63 bits per heavy atom. The van der Waals surface area contributed by atoms with E-state index in [-0.39, 0.29) is 41.9 Å². The lowest BCUT2D eigenvalue weighted by Crippen LogP contribution is -2.52. The molecule has 3 fully saturated rings. The Morgan fingerprint density at radius 2 is 1.87 bits per heavy atom. The molecule has 0 aliphatic heterocycles. The normalized spacial score (nSPS) is 40.0. The Hall–Kier alpha value is -1.69. The summed E-state index contributed by atoms with van der Waals surface area (Å²) in [5.74, 6) is 1.63. The average molecular weight is 417 g/mol. The van der Waals surface area contributed by atoms with Gasteiger partial charge < -0.3 is 15.4 Å². The van der Waals surface area contributed by atoms with Crippen LogP contribution in [0.3, 0.4) is 0 Å². The minimum atomic E-state index is -0.333. The Balaban J connectivity index is 1.43. The number of nitrogens with one attached hydrogen (secondary N) is 2. The Labute approximate surface area is 179 Å². The van der Waals surface area contributed by atoms with Gasteiger partial charge >= 0.3 is 5.97 Å². The smallest absolute Gasteiger partial charge is 0.325 e. The van der Waals surface area contributed by atoms with Gasteiger partial charge in [-0.2, -0.15) is 0 Å². The molecule has 6 nitrogen and oxygen atoms in total. The van der Waals surface area contributed by atoms with Gasteiger partial charge in [0.05, 0.1) is 6.54 Å². The van der Waals surface area contributed by atoms with Crippen molar-refractivity contribution in [2.24, 2.45) is 28.6 Å². The Morgan fingerprint density at radius 1 is 1.07 bits per heavy atom. The highest BCUT2D eigenvalue weighted by molar-refractivity contribution is 5.91. The number of carbonyl (C=O) groups is 3. The van der Waals surface area contributed by atoms with Crippen LogP contribution in [-0.2, 0) is 19.1 Å². The molecule has 0 spiro atoms. The maximum Gasteiger partial charge on any atom is 0.325 e. The number of esters is 1. The summed E-state index contributed by atoms with van der Waals surface area (Å²) in [5, 5.41) is 5.39. The topological polar surface area (TPSA) is 84.5 Å². The van der Waals surface area contributed by atoms with E-state index in [0.717, 1.165) is 44.9 Å². The van der Waals surface area contributed by atoms with Gasteiger partial charge in [-0.15, -0.1) is 0 Å². The lowest BCUT2D eigenvalue weighted by molar-refractivity contribution is -0.159. The molecule has 30 heavy (non-hydrogen) atoms. The zero-order valence-electron chi connectivity index (χ0n) is 18.6. The van der Waals surface area contributed by atoms with Crippen molar-refractivity contribution in [1.29, 1.82) is 0 Å². The number of likely N-dealkylation sites (N-methyl/N-ethyl adjacent to an activating group) is 1. The summed E-state index contributed by atoms with van der Waals surface area (Å²) < 4.78 is 5.91. The van der Waals surface area contributed by atoms with Crippen LogP contribution in [0.15, 0.2) is 11.6 Å². The van der Waals surface area contributed by atoms with Gasteiger partial charge in [-0.05, 0) is 81.2 Å². The van der Waals surface area contributed by atoms with Crippen LogP contribution < -0.4 is 10.6 Å². The largest absolute Gasteiger partial charge is 0.460 e. The second kappa shape index (κ2) is 8.10. The van der Waals surface area contributed by atoms with E-state index < -0.39 is 0 Å². The molecule has 0 aromatic rings. The molecule has 0 saturated heterocycles. The van der Waals surface area contributed by atoms with Crippen molar-refractivity contribution in [3.8, 4) is 0 Å². The maximum atomic E-state index is 12.4. The Kier molecular flexibility index (Phi) is 5.82. The molecule has 6 atom stereocenters. The van der Waals surface area contributed by atoms with Crippen LogP contribution in [0.5, 0.6) is 0 Å². The van der Waals surface area contributed by atoms with Crippen molar-refractivity contribution in [1.82, 2.24) is 10.6 Å². The van der Waals surface area contributed by atoms with Crippen molar-refractivity contribution in [3.63, 3.8) is 0 Å². The predicted molar refractivity (Wildman–Crippen MR) is 114 cm³/mol. The lowest BCUT2D eigenvalue weighted by atomic mass is 9.47. The van der Waals surface area contributed by atoms with Crippen molar-refractivity contribution >= 4 is 17.7 Å². The number of ether oxygens (including phenoxy) is 1. The fraction of sp³-hybridized carbons (Fsp3) is 0.792. The van der Waals surface area contributed by atoms with E-state index in [9.17, 15) is 14.4 Å². The highest BCUT2D eigenvalue weighted by Crippen LogP contribution is 2.65. The van der Waals surface area contributed by atoms with Crippen LogP contribution in [0.2, 0.25) is 0 Å². The highest BCUT2D eigenvalue weighted by Gasteiger charge is 2.59. The summed E-state index contributed by atoms with van der Waals surface area (Å²) in [6.45, 7) is 4.84. The summed E-state index contributed by atoms with van der Waals surface area (Å²) in [7, 11) is 1.70. The third-order valence-corrected chi connectivity index (χ3v) is 8.92. The molecule has 6 unspecified atom stereocenters. The van der Waals surface area contributed by atoms with Crippen LogP contribution in [-0.4, -0.2) is 43.9 Å². The van der Waals surface area contributed by atoms with Crippen molar-refractivity contribution in [3.05, 3.63) is 11.6 Å². The summed E-state index contributed by atoms with van der Waals surface area (Å²) in [4.78, 5) is 35.9. The third kappa shape index (κ3) is 3.61. The molecule has 3 saturated carbocycles. The van der Waals surface area contributed by atoms with Crippen molar-refractivity contribution < 1.29 is 19.1 Å². The van der Waals surface area contributed by atoms with E-state index in [4.69, 9.17) is 4.74 Å². The molecular formula is C24H36N2O4. The van der Waals surface area contributed by atoms with E-state index in [0.29, 0.717) is 30.0 Å². The molecule has 1 amide bonds. The summed E-state index contributed by atoms with van der Waals surface area (Å²) in [6.07, 6.45) is 10.0. The first-order valence-corrected chi connectivity index (χ1v) is 11.6. The number of fused-ring (bicyclic) bond motifs is 5. The molecule has 0 bridgehead atoms. The van der Waals surface area contributed by atoms with Gasteiger partial charge in [0.2, 0.25) is 5.91 Å². The van der Waals surface area contributed by atoms with Gasteiger partial charge in [0.1, 0.15) is 12.6 Å².